The molecule has 0 saturated carbocycles. The lowest BCUT2D eigenvalue weighted by molar-refractivity contribution is 0.620. The quantitative estimate of drug-likeness (QED) is 0.174. The Morgan fingerprint density at radius 2 is 0.900 bits per heavy atom. The highest BCUT2D eigenvalue weighted by molar-refractivity contribution is 7.25. The molecule has 0 atom stereocenters. The van der Waals surface area contributed by atoms with Gasteiger partial charge in [0.1, 0.15) is 5.52 Å². The van der Waals surface area contributed by atoms with Crippen molar-refractivity contribution in [3.05, 3.63) is 200 Å². The topological polar surface area (TPSA) is 35.9 Å². The molecule has 4 nitrogen and oxygen atoms in total. The summed E-state index contributed by atoms with van der Waals surface area (Å²) in [6.07, 6.45) is 0. The number of aromatic nitrogens is 3. The van der Waals surface area contributed by atoms with Crippen LogP contribution in [0.5, 0.6) is 0 Å². The molecule has 0 saturated heterocycles. The van der Waals surface area contributed by atoms with Crippen molar-refractivity contribution in [2.45, 2.75) is 0 Å². The minimum Gasteiger partial charge on any atom is -0.436 e. The number of thiophene rings is 1. The Morgan fingerprint density at radius 1 is 0.350 bits per heavy atom. The van der Waals surface area contributed by atoms with Crippen molar-refractivity contribution in [1.82, 2.24) is 14.1 Å². The minimum atomic E-state index is 0.627. The molecule has 0 spiro atoms. The summed E-state index contributed by atoms with van der Waals surface area (Å²) < 4.78 is 13.8. The van der Waals surface area contributed by atoms with E-state index in [1.807, 2.05) is 41.7 Å². The molecule has 13 rings (SSSR count). The number of hydrogen-bond acceptors (Lipinski definition) is 3. The summed E-state index contributed by atoms with van der Waals surface area (Å²) in [6, 6.07) is 72.2. The van der Waals surface area contributed by atoms with E-state index in [0.29, 0.717) is 5.89 Å². The van der Waals surface area contributed by atoms with Crippen LogP contribution in [0.1, 0.15) is 0 Å². The average Bonchev–Trinajstić information content (AvgIpc) is 4.07. The van der Waals surface area contributed by atoms with Crippen molar-refractivity contribution in [2.75, 3.05) is 0 Å². The highest BCUT2D eigenvalue weighted by atomic mass is 32.1. The van der Waals surface area contributed by atoms with Gasteiger partial charge in [-0.25, -0.2) is 4.98 Å². The second-order valence-electron chi connectivity index (χ2n) is 15.6. The van der Waals surface area contributed by atoms with Crippen LogP contribution in [-0.4, -0.2) is 14.1 Å². The summed E-state index contributed by atoms with van der Waals surface area (Å²) in [6.45, 7) is 0. The second kappa shape index (κ2) is 12.9. The van der Waals surface area contributed by atoms with Crippen molar-refractivity contribution in [3.8, 4) is 45.1 Å². The molecular weight excluding hydrogens is 751 g/mol. The number of oxazole rings is 1. The van der Waals surface area contributed by atoms with Gasteiger partial charge in [-0.3, -0.25) is 0 Å². The van der Waals surface area contributed by atoms with Crippen LogP contribution in [0.25, 0.3) is 120 Å². The first-order chi connectivity index (χ1) is 29.7. The molecule has 0 aliphatic carbocycles. The second-order valence-corrected chi connectivity index (χ2v) is 16.7. The Kier molecular flexibility index (Phi) is 7.14. The Labute approximate surface area is 348 Å². The number of para-hydroxylation sites is 2. The third-order valence-corrected chi connectivity index (χ3v) is 13.3. The number of benzene rings is 9. The first kappa shape index (κ1) is 33.3. The fourth-order valence-corrected chi connectivity index (χ4v) is 10.4. The Hall–Kier alpha value is -7.73. The van der Waals surface area contributed by atoms with Gasteiger partial charge in [-0.05, 0) is 119 Å². The molecule has 0 aliphatic heterocycles. The summed E-state index contributed by atoms with van der Waals surface area (Å²) in [4.78, 5) is 4.94. The van der Waals surface area contributed by atoms with Gasteiger partial charge in [-0.15, -0.1) is 11.3 Å². The zero-order valence-electron chi connectivity index (χ0n) is 32.2. The molecule has 0 unspecified atom stereocenters. The zero-order chi connectivity index (χ0) is 39.3. The smallest absolute Gasteiger partial charge is 0.227 e. The molecular formula is C55H33N3OS. The Balaban J connectivity index is 0.957. The minimum absolute atomic E-state index is 0.627. The van der Waals surface area contributed by atoms with Gasteiger partial charge in [0.15, 0.2) is 5.58 Å². The molecule has 0 aliphatic rings. The molecule has 4 heterocycles. The largest absolute Gasteiger partial charge is 0.436 e. The lowest BCUT2D eigenvalue weighted by atomic mass is 10.0. The molecule has 60 heavy (non-hydrogen) atoms. The molecule has 0 amide bonds. The lowest BCUT2D eigenvalue weighted by Crippen LogP contribution is -1.94. The van der Waals surface area contributed by atoms with Crippen molar-refractivity contribution in [3.63, 3.8) is 0 Å². The van der Waals surface area contributed by atoms with Crippen LogP contribution in [0.2, 0.25) is 0 Å². The predicted molar refractivity (Wildman–Crippen MR) is 252 cm³/mol. The summed E-state index contributed by atoms with van der Waals surface area (Å²) in [5, 5.41) is 7.38. The van der Waals surface area contributed by atoms with E-state index in [4.69, 9.17) is 9.40 Å². The highest BCUT2D eigenvalue weighted by Crippen LogP contribution is 2.41. The molecule has 0 bridgehead atoms. The van der Waals surface area contributed by atoms with Gasteiger partial charge >= 0.3 is 0 Å². The molecule has 0 N–H and O–H groups in total. The maximum absolute atomic E-state index is 6.41. The summed E-state index contributed by atoms with van der Waals surface area (Å²) in [7, 11) is 0. The van der Waals surface area contributed by atoms with E-state index in [-0.39, 0.29) is 0 Å². The normalized spacial score (nSPS) is 12.0. The standard InChI is InChI=1S/C55H33N3OS/c1-3-12-34(13-4-1)55-56-47-33-51-45(32-52(47)59-55)44-30-37(23-26-50(44)57(51)39-15-5-2-6-16-39)36-22-25-49-43(29-36)41-18-7-9-20-48(41)58(49)40-17-11-14-35(28-40)38-24-27-54-46(31-38)42-19-8-10-21-53(42)60-54/h1-33H. The van der Waals surface area contributed by atoms with Crippen LogP contribution < -0.4 is 0 Å². The van der Waals surface area contributed by atoms with Crippen molar-refractivity contribution in [1.29, 1.82) is 0 Å². The van der Waals surface area contributed by atoms with Crippen LogP contribution in [0.3, 0.4) is 0 Å². The number of fused-ring (bicyclic) bond motifs is 10. The van der Waals surface area contributed by atoms with Gasteiger partial charge in [0.25, 0.3) is 0 Å². The first-order valence-electron chi connectivity index (χ1n) is 20.3. The first-order valence-corrected chi connectivity index (χ1v) is 21.1. The van der Waals surface area contributed by atoms with Crippen LogP contribution in [0.4, 0.5) is 0 Å². The van der Waals surface area contributed by atoms with Gasteiger partial charge < -0.3 is 13.6 Å². The van der Waals surface area contributed by atoms with Crippen molar-refractivity contribution in [2.24, 2.45) is 0 Å². The lowest BCUT2D eigenvalue weighted by Gasteiger charge is -2.11. The van der Waals surface area contributed by atoms with Crippen LogP contribution >= 0.6 is 11.3 Å². The van der Waals surface area contributed by atoms with Crippen LogP contribution in [0, 0.1) is 0 Å². The van der Waals surface area contributed by atoms with Gasteiger partial charge in [-0.1, -0.05) is 103 Å². The Morgan fingerprint density at radius 3 is 1.70 bits per heavy atom. The van der Waals surface area contributed by atoms with Gasteiger partial charge in [0.05, 0.1) is 22.1 Å². The summed E-state index contributed by atoms with van der Waals surface area (Å²) >= 11 is 1.86. The number of nitrogens with zero attached hydrogens (tertiary/aromatic N) is 3. The number of hydrogen-bond donors (Lipinski definition) is 0. The van der Waals surface area contributed by atoms with E-state index in [2.05, 4.69) is 179 Å². The maximum Gasteiger partial charge on any atom is 0.227 e. The summed E-state index contributed by atoms with van der Waals surface area (Å²) in [5.41, 5.74) is 14.2. The maximum atomic E-state index is 6.41. The van der Waals surface area contributed by atoms with Crippen molar-refractivity contribution >= 4 is 86.2 Å². The zero-order valence-corrected chi connectivity index (χ0v) is 33.0. The number of rotatable bonds is 5. The van der Waals surface area contributed by atoms with E-state index in [1.54, 1.807) is 0 Å². The predicted octanol–water partition coefficient (Wildman–Crippen LogP) is 15.4. The fourth-order valence-electron chi connectivity index (χ4n) is 9.34. The third-order valence-electron chi connectivity index (χ3n) is 12.1. The van der Waals surface area contributed by atoms with Crippen molar-refractivity contribution < 1.29 is 4.42 Å². The molecule has 4 aromatic heterocycles. The fraction of sp³-hybridized carbons (Fsp3) is 0. The third kappa shape index (κ3) is 5.06. The molecule has 0 radical (unpaired) electrons. The molecule has 5 heteroatoms. The summed E-state index contributed by atoms with van der Waals surface area (Å²) in [5.74, 6) is 0.627. The van der Waals surface area contributed by atoms with Gasteiger partial charge in [0.2, 0.25) is 5.89 Å². The van der Waals surface area contributed by atoms with Gasteiger partial charge in [-0.2, -0.15) is 0 Å². The van der Waals surface area contributed by atoms with E-state index in [0.717, 1.165) is 50.0 Å². The molecule has 0 fully saturated rings. The van der Waals surface area contributed by atoms with E-state index in [9.17, 15) is 0 Å². The highest BCUT2D eigenvalue weighted by Gasteiger charge is 2.19. The van der Waals surface area contributed by atoms with E-state index >= 15 is 0 Å². The van der Waals surface area contributed by atoms with E-state index < -0.39 is 0 Å². The van der Waals surface area contributed by atoms with Crippen LogP contribution in [0.15, 0.2) is 205 Å². The molecule has 9 aromatic carbocycles. The van der Waals surface area contributed by atoms with Crippen LogP contribution in [-0.2, 0) is 0 Å². The molecule has 280 valence electrons. The Bertz CT molecular complexity index is 3830. The van der Waals surface area contributed by atoms with E-state index in [1.165, 1.54) is 64.1 Å². The average molecular weight is 784 g/mol. The monoisotopic (exact) mass is 783 g/mol. The SMILES string of the molecule is c1ccc(-c2nc3cc4c(cc3o2)c2cc(-c3ccc5c(c3)c3ccccc3n5-c3cccc(-c5ccc6sc7ccccc7c6c5)c3)ccc2n4-c2ccccc2)cc1. The van der Waals surface area contributed by atoms with Gasteiger partial charge in [0, 0.05) is 58.7 Å². The molecule has 13 aromatic rings.